The SMILES string of the molecule is C=CCC1(C)C(C)CCCC1(O)CCCO. The van der Waals surface area contributed by atoms with Crippen molar-refractivity contribution in [3.63, 3.8) is 0 Å². The van der Waals surface area contributed by atoms with Crippen molar-refractivity contribution in [1.82, 2.24) is 0 Å². The number of allylic oxidation sites excluding steroid dienone is 1. The van der Waals surface area contributed by atoms with E-state index < -0.39 is 5.60 Å². The largest absolute Gasteiger partial charge is 0.396 e. The number of aliphatic hydroxyl groups excluding tert-OH is 1. The Bertz CT molecular complexity index is 239. The van der Waals surface area contributed by atoms with Crippen LogP contribution >= 0.6 is 0 Å². The van der Waals surface area contributed by atoms with Gasteiger partial charge in [0.1, 0.15) is 0 Å². The predicted octanol–water partition coefficient (Wildman–Crippen LogP) is 2.89. The number of rotatable bonds is 5. The molecule has 1 saturated carbocycles. The summed E-state index contributed by atoms with van der Waals surface area (Å²) < 4.78 is 0. The third kappa shape index (κ3) is 2.33. The minimum Gasteiger partial charge on any atom is -0.396 e. The third-order valence-corrected chi connectivity index (χ3v) is 4.70. The normalized spacial score (nSPS) is 39.6. The Hall–Kier alpha value is -0.340. The van der Waals surface area contributed by atoms with Gasteiger partial charge in [0.05, 0.1) is 5.60 Å². The van der Waals surface area contributed by atoms with Crippen LogP contribution in [0.4, 0.5) is 0 Å². The zero-order valence-electron chi connectivity index (χ0n) is 10.7. The Labute approximate surface area is 99.4 Å². The fourth-order valence-electron chi connectivity index (χ4n) is 3.24. The van der Waals surface area contributed by atoms with Crippen molar-refractivity contribution < 1.29 is 10.2 Å². The third-order valence-electron chi connectivity index (χ3n) is 4.70. The molecule has 0 bridgehead atoms. The summed E-state index contributed by atoms with van der Waals surface area (Å²) in [5, 5.41) is 19.8. The van der Waals surface area contributed by atoms with Crippen LogP contribution < -0.4 is 0 Å². The van der Waals surface area contributed by atoms with E-state index >= 15 is 0 Å². The van der Waals surface area contributed by atoms with Crippen molar-refractivity contribution in [1.29, 1.82) is 0 Å². The molecule has 16 heavy (non-hydrogen) atoms. The van der Waals surface area contributed by atoms with Gasteiger partial charge in [-0.15, -0.1) is 6.58 Å². The molecule has 3 unspecified atom stereocenters. The zero-order valence-corrected chi connectivity index (χ0v) is 10.7. The van der Waals surface area contributed by atoms with E-state index in [0.29, 0.717) is 18.8 Å². The van der Waals surface area contributed by atoms with Crippen LogP contribution in [0.2, 0.25) is 0 Å². The molecule has 3 atom stereocenters. The smallest absolute Gasteiger partial charge is 0.0707 e. The maximum Gasteiger partial charge on any atom is 0.0707 e. The monoisotopic (exact) mass is 226 g/mol. The predicted molar refractivity (Wildman–Crippen MR) is 67.2 cm³/mol. The average molecular weight is 226 g/mol. The minimum absolute atomic E-state index is 0.0812. The van der Waals surface area contributed by atoms with Crippen LogP contribution in [0.5, 0.6) is 0 Å². The van der Waals surface area contributed by atoms with Gasteiger partial charge in [-0.1, -0.05) is 26.3 Å². The van der Waals surface area contributed by atoms with Gasteiger partial charge in [-0.25, -0.2) is 0 Å². The second kappa shape index (κ2) is 5.33. The molecule has 2 heteroatoms. The summed E-state index contributed by atoms with van der Waals surface area (Å²) in [6.07, 6.45) is 7.32. The first kappa shape index (κ1) is 13.7. The van der Waals surface area contributed by atoms with E-state index in [9.17, 15) is 5.11 Å². The first-order valence-corrected chi connectivity index (χ1v) is 6.44. The highest BCUT2D eigenvalue weighted by Crippen LogP contribution is 2.52. The number of hydrogen-bond acceptors (Lipinski definition) is 2. The zero-order chi connectivity index (χ0) is 12.2. The van der Waals surface area contributed by atoms with Crippen LogP contribution in [0.25, 0.3) is 0 Å². The summed E-state index contributed by atoms with van der Waals surface area (Å²) in [5.41, 5.74) is -0.705. The Morgan fingerprint density at radius 3 is 2.75 bits per heavy atom. The van der Waals surface area contributed by atoms with Gasteiger partial charge in [0.15, 0.2) is 0 Å². The second-order valence-corrected chi connectivity index (χ2v) is 5.56. The Morgan fingerprint density at radius 2 is 2.19 bits per heavy atom. The van der Waals surface area contributed by atoms with Gasteiger partial charge < -0.3 is 10.2 Å². The molecule has 2 nitrogen and oxygen atoms in total. The number of aliphatic hydroxyl groups is 2. The lowest BCUT2D eigenvalue weighted by Crippen LogP contribution is -2.52. The maximum atomic E-state index is 10.9. The van der Waals surface area contributed by atoms with Crippen molar-refractivity contribution in [2.75, 3.05) is 6.61 Å². The first-order chi connectivity index (χ1) is 7.50. The van der Waals surface area contributed by atoms with Crippen LogP contribution in [0.3, 0.4) is 0 Å². The molecule has 0 saturated heterocycles. The second-order valence-electron chi connectivity index (χ2n) is 5.56. The van der Waals surface area contributed by atoms with Gasteiger partial charge in [-0.2, -0.15) is 0 Å². The highest BCUT2D eigenvalue weighted by Gasteiger charge is 2.50. The van der Waals surface area contributed by atoms with E-state index in [-0.39, 0.29) is 12.0 Å². The summed E-state index contributed by atoms with van der Waals surface area (Å²) >= 11 is 0. The fraction of sp³-hybridized carbons (Fsp3) is 0.857. The molecule has 0 spiro atoms. The lowest BCUT2D eigenvalue weighted by Gasteiger charge is -2.52. The van der Waals surface area contributed by atoms with E-state index in [1.165, 1.54) is 6.42 Å². The lowest BCUT2D eigenvalue weighted by molar-refractivity contribution is -0.138. The maximum absolute atomic E-state index is 10.9. The Kier molecular flexibility index (Phi) is 4.57. The lowest BCUT2D eigenvalue weighted by atomic mass is 9.56. The van der Waals surface area contributed by atoms with E-state index in [4.69, 9.17) is 5.11 Å². The highest BCUT2D eigenvalue weighted by atomic mass is 16.3. The van der Waals surface area contributed by atoms with Gasteiger partial charge in [-0.05, 0) is 38.0 Å². The molecule has 94 valence electrons. The van der Waals surface area contributed by atoms with Crippen molar-refractivity contribution in [2.45, 2.75) is 58.0 Å². The van der Waals surface area contributed by atoms with Gasteiger partial charge in [0.25, 0.3) is 0 Å². The van der Waals surface area contributed by atoms with Crippen LogP contribution in [0, 0.1) is 11.3 Å². The minimum atomic E-state index is -0.623. The van der Waals surface area contributed by atoms with E-state index in [1.807, 2.05) is 6.08 Å². The molecule has 0 aromatic carbocycles. The van der Waals surface area contributed by atoms with Crippen molar-refractivity contribution >= 4 is 0 Å². The highest BCUT2D eigenvalue weighted by molar-refractivity contribution is 5.04. The molecule has 1 fully saturated rings. The fourth-order valence-corrected chi connectivity index (χ4v) is 3.24. The first-order valence-electron chi connectivity index (χ1n) is 6.44. The Morgan fingerprint density at radius 1 is 1.50 bits per heavy atom. The van der Waals surface area contributed by atoms with Crippen LogP contribution in [-0.4, -0.2) is 22.4 Å². The molecule has 0 radical (unpaired) electrons. The van der Waals surface area contributed by atoms with Crippen LogP contribution in [0.1, 0.15) is 52.4 Å². The summed E-state index contributed by atoms with van der Waals surface area (Å²) in [4.78, 5) is 0. The summed E-state index contributed by atoms with van der Waals surface area (Å²) in [6.45, 7) is 8.39. The molecule has 2 N–H and O–H groups in total. The Balaban J connectivity index is 2.88. The molecule has 1 aliphatic rings. The van der Waals surface area contributed by atoms with E-state index in [0.717, 1.165) is 19.3 Å². The average Bonchev–Trinajstić information content (AvgIpc) is 2.24. The summed E-state index contributed by atoms with van der Waals surface area (Å²) in [6, 6.07) is 0. The van der Waals surface area contributed by atoms with E-state index in [2.05, 4.69) is 20.4 Å². The van der Waals surface area contributed by atoms with Crippen LogP contribution in [-0.2, 0) is 0 Å². The molecule has 0 aromatic rings. The topological polar surface area (TPSA) is 40.5 Å². The van der Waals surface area contributed by atoms with Gasteiger partial charge in [-0.3, -0.25) is 0 Å². The van der Waals surface area contributed by atoms with Gasteiger partial charge in [0.2, 0.25) is 0 Å². The molecule has 1 aliphatic carbocycles. The molecule has 0 aliphatic heterocycles. The van der Waals surface area contributed by atoms with Gasteiger partial charge >= 0.3 is 0 Å². The quantitative estimate of drug-likeness (QED) is 0.708. The molecule has 0 amide bonds. The number of hydrogen-bond donors (Lipinski definition) is 2. The summed E-state index contributed by atoms with van der Waals surface area (Å²) in [5.74, 6) is 0.517. The van der Waals surface area contributed by atoms with E-state index in [1.54, 1.807) is 0 Å². The molecular weight excluding hydrogens is 200 g/mol. The molecule has 0 heterocycles. The summed E-state index contributed by atoms with van der Waals surface area (Å²) in [7, 11) is 0. The van der Waals surface area contributed by atoms with Crippen molar-refractivity contribution in [3.05, 3.63) is 12.7 Å². The van der Waals surface area contributed by atoms with Gasteiger partial charge in [0, 0.05) is 12.0 Å². The van der Waals surface area contributed by atoms with Crippen molar-refractivity contribution in [3.8, 4) is 0 Å². The standard InChI is InChI=1S/C14H26O2/c1-4-8-13(3)12(2)7-5-9-14(13,16)10-6-11-15/h4,12,15-16H,1,5-11H2,2-3H3. The molecular formula is C14H26O2. The van der Waals surface area contributed by atoms with Crippen molar-refractivity contribution in [2.24, 2.45) is 11.3 Å². The molecule has 1 rings (SSSR count). The van der Waals surface area contributed by atoms with Crippen LogP contribution in [0.15, 0.2) is 12.7 Å². The molecule has 0 aromatic heterocycles.